The summed E-state index contributed by atoms with van der Waals surface area (Å²) in [7, 11) is 1.70. The van der Waals surface area contributed by atoms with Crippen LogP contribution in [-0.2, 0) is 6.42 Å². The van der Waals surface area contributed by atoms with Crippen molar-refractivity contribution in [3.05, 3.63) is 35.4 Å². The van der Waals surface area contributed by atoms with Gasteiger partial charge < -0.3 is 10.5 Å². The zero-order valence-electron chi connectivity index (χ0n) is 7.71. The van der Waals surface area contributed by atoms with Crippen molar-refractivity contribution in [2.45, 2.75) is 6.42 Å². The van der Waals surface area contributed by atoms with Crippen LogP contribution in [0.1, 0.15) is 11.1 Å². The Hall–Kier alpha value is -1.28. The molecule has 1 aromatic rings. The van der Waals surface area contributed by atoms with E-state index in [0.29, 0.717) is 6.54 Å². The van der Waals surface area contributed by atoms with Gasteiger partial charge in [-0.05, 0) is 23.6 Å². The lowest BCUT2D eigenvalue weighted by Gasteiger charge is -2.07. The molecule has 0 aliphatic heterocycles. The number of benzene rings is 1. The van der Waals surface area contributed by atoms with E-state index >= 15 is 0 Å². The fraction of sp³-hybridized carbons (Fsp3) is 0.273. The first kappa shape index (κ1) is 8.32. The summed E-state index contributed by atoms with van der Waals surface area (Å²) in [6.07, 6.45) is 3.12. The zero-order chi connectivity index (χ0) is 9.26. The van der Waals surface area contributed by atoms with Gasteiger partial charge >= 0.3 is 0 Å². The average molecular weight is 175 g/mol. The second-order valence-electron chi connectivity index (χ2n) is 3.12. The third-order valence-corrected chi connectivity index (χ3v) is 2.47. The topological polar surface area (TPSA) is 35.2 Å². The summed E-state index contributed by atoms with van der Waals surface area (Å²) >= 11 is 0. The van der Waals surface area contributed by atoms with Gasteiger partial charge in [-0.1, -0.05) is 18.2 Å². The maximum absolute atomic E-state index is 5.63. The van der Waals surface area contributed by atoms with Crippen LogP contribution >= 0.6 is 0 Å². The Morgan fingerprint density at radius 1 is 1.46 bits per heavy atom. The average Bonchev–Trinajstić information content (AvgIpc) is 2.60. The van der Waals surface area contributed by atoms with E-state index < -0.39 is 0 Å². The van der Waals surface area contributed by atoms with Gasteiger partial charge in [0, 0.05) is 12.1 Å². The van der Waals surface area contributed by atoms with Gasteiger partial charge in [0.05, 0.1) is 7.11 Å². The SMILES string of the molecule is COc1cccc2c1CC=C2CN. The third kappa shape index (κ3) is 1.23. The first-order valence-corrected chi connectivity index (χ1v) is 4.42. The lowest BCUT2D eigenvalue weighted by molar-refractivity contribution is 0.411. The van der Waals surface area contributed by atoms with Gasteiger partial charge in [-0.25, -0.2) is 0 Å². The number of hydrogen-bond donors (Lipinski definition) is 1. The van der Waals surface area contributed by atoms with Gasteiger partial charge in [-0.2, -0.15) is 0 Å². The lowest BCUT2D eigenvalue weighted by atomic mass is 10.1. The smallest absolute Gasteiger partial charge is 0.122 e. The van der Waals surface area contributed by atoms with Crippen LogP contribution in [0.5, 0.6) is 5.75 Å². The minimum absolute atomic E-state index is 0.611. The Balaban J connectivity index is 2.48. The van der Waals surface area contributed by atoms with E-state index in [-0.39, 0.29) is 0 Å². The number of rotatable bonds is 2. The minimum Gasteiger partial charge on any atom is -0.496 e. The predicted molar refractivity (Wildman–Crippen MR) is 53.7 cm³/mol. The number of nitrogens with two attached hydrogens (primary N) is 1. The molecule has 0 unspecified atom stereocenters. The third-order valence-electron chi connectivity index (χ3n) is 2.47. The normalized spacial score (nSPS) is 13.8. The Kier molecular flexibility index (Phi) is 2.07. The molecule has 0 bridgehead atoms. The molecule has 1 aromatic carbocycles. The van der Waals surface area contributed by atoms with Crippen LogP contribution in [0.25, 0.3) is 5.57 Å². The van der Waals surface area contributed by atoms with Crippen molar-refractivity contribution in [1.29, 1.82) is 0 Å². The maximum atomic E-state index is 5.63. The van der Waals surface area contributed by atoms with E-state index in [1.807, 2.05) is 12.1 Å². The van der Waals surface area contributed by atoms with Crippen LogP contribution in [0, 0.1) is 0 Å². The zero-order valence-corrected chi connectivity index (χ0v) is 7.71. The maximum Gasteiger partial charge on any atom is 0.122 e. The summed E-state index contributed by atoms with van der Waals surface area (Å²) in [5.74, 6) is 0.970. The van der Waals surface area contributed by atoms with Gasteiger partial charge in [-0.15, -0.1) is 0 Å². The van der Waals surface area contributed by atoms with E-state index in [0.717, 1.165) is 12.2 Å². The fourth-order valence-corrected chi connectivity index (χ4v) is 1.80. The first-order valence-electron chi connectivity index (χ1n) is 4.42. The highest BCUT2D eigenvalue weighted by molar-refractivity contribution is 5.76. The molecule has 1 aliphatic rings. The van der Waals surface area contributed by atoms with Crippen LogP contribution in [0.15, 0.2) is 24.3 Å². The Bertz CT molecular complexity index is 355. The summed E-state index contributed by atoms with van der Waals surface area (Å²) in [6.45, 7) is 0.611. The fourth-order valence-electron chi connectivity index (χ4n) is 1.80. The van der Waals surface area contributed by atoms with Gasteiger partial charge in [0.1, 0.15) is 5.75 Å². The van der Waals surface area contributed by atoms with Crippen LogP contribution in [0.2, 0.25) is 0 Å². The molecule has 0 aromatic heterocycles. The van der Waals surface area contributed by atoms with Crippen LogP contribution < -0.4 is 10.5 Å². The second kappa shape index (κ2) is 3.23. The molecule has 2 nitrogen and oxygen atoms in total. The van der Waals surface area contributed by atoms with Gasteiger partial charge in [0.15, 0.2) is 0 Å². The van der Waals surface area contributed by atoms with E-state index in [1.54, 1.807) is 7.11 Å². The molecule has 0 fully saturated rings. The number of allylic oxidation sites excluding steroid dienone is 1. The summed E-state index contributed by atoms with van der Waals surface area (Å²) < 4.78 is 5.28. The Labute approximate surface area is 78.0 Å². The summed E-state index contributed by atoms with van der Waals surface area (Å²) in [4.78, 5) is 0. The molecule has 13 heavy (non-hydrogen) atoms. The molecule has 0 heterocycles. The highest BCUT2D eigenvalue weighted by atomic mass is 16.5. The minimum atomic E-state index is 0.611. The Morgan fingerprint density at radius 2 is 2.31 bits per heavy atom. The molecule has 2 rings (SSSR count). The first-order chi connectivity index (χ1) is 6.36. The molecule has 2 heteroatoms. The molecule has 68 valence electrons. The van der Waals surface area contributed by atoms with E-state index in [1.165, 1.54) is 16.7 Å². The lowest BCUT2D eigenvalue weighted by Crippen LogP contribution is -2.01. The van der Waals surface area contributed by atoms with Crippen molar-refractivity contribution in [1.82, 2.24) is 0 Å². The monoisotopic (exact) mass is 175 g/mol. The van der Waals surface area contributed by atoms with Crippen molar-refractivity contribution in [2.75, 3.05) is 13.7 Å². The highest BCUT2D eigenvalue weighted by Gasteiger charge is 2.15. The molecule has 2 N–H and O–H groups in total. The Morgan fingerprint density at radius 3 is 3.00 bits per heavy atom. The van der Waals surface area contributed by atoms with Crippen molar-refractivity contribution in [2.24, 2.45) is 5.73 Å². The van der Waals surface area contributed by atoms with Gasteiger partial charge in [0.2, 0.25) is 0 Å². The van der Waals surface area contributed by atoms with Crippen molar-refractivity contribution in [3.63, 3.8) is 0 Å². The highest BCUT2D eigenvalue weighted by Crippen LogP contribution is 2.32. The number of methoxy groups -OCH3 is 1. The quantitative estimate of drug-likeness (QED) is 0.740. The molecule has 0 amide bonds. The van der Waals surface area contributed by atoms with Crippen molar-refractivity contribution < 1.29 is 4.74 Å². The number of fused-ring (bicyclic) bond motifs is 1. The molecular formula is C11H13NO. The molecule has 0 atom stereocenters. The van der Waals surface area contributed by atoms with E-state index in [2.05, 4.69) is 12.1 Å². The second-order valence-corrected chi connectivity index (χ2v) is 3.12. The largest absolute Gasteiger partial charge is 0.496 e. The predicted octanol–water partition coefficient (Wildman–Crippen LogP) is 1.59. The van der Waals surface area contributed by atoms with Gasteiger partial charge in [-0.3, -0.25) is 0 Å². The summed E-state index contributed by atoms with van der Waals surface area (Å²) in [6, 6.07) is 6.10. The molecular weight excluding hydrogens is 162 g/mol. The van der Waals surface area contributed by atoms with Crippen molar-refractivity contribution in [3.8, 4) is 5.75 Å². The molecule has 0 saturated carbocycles. The standard InChI is InChI=1S/C11H13NO/c1-13-11-4-2-3-9-8(7-12)5-6-10(9)11/h2-5H,6-7,12H2,1H3. The van der Waals surface area contributed by atoms with E-state index in [9.17, 15) is 0 Å². The number of hydrogen-bond acceptors (Lipinski definition) is 2. The molecule has 0 spiro atoms. The molecule has 1 aliphatic carbocycles. The van der Waals surface area contributed by atoms with Crippen LogP contribution in [0.4, 0.5) is 0 Å². The van der Waals surface area contributed by atoms with E-state index in [4.69, 9.17) is 10.5 Å². The molecule has 0 saturated heterocycles. The van der Waals surface area contributed by atoms with Crippen LogP contribution in [0.3, 0.4) is 0 Å². The van der Waals surface area contributed by atoms with Crippen molar-refractivity contribution >= 4 is 5.57 Å². The van der Waals surface area contributed by atoms with Gasteiger partial charge in [0.25, 0.3) is 0 Å². The molecule has 0 radical (unpaired) electrons. The van der Waals surface area contributed by atoms with Crippen LogP contribution in [-0.4, -0.2) is 13.7 Å². The number of ether oxygens (including phenoxy) is 1. The summed E-state index contributed by atoms with van der Waals surface area (Å²) in [5, 5.41) is 0. The summed E-state index contributed by atoms with van der Waals surface area (Å²) in [5.41, 5.74) is 9.38.